The molecule has 9 rings (SSSR count). The Labute approximate surface area is 331 Å². The Bertz CT molecular complexity index is 2600. The number of amidine groups is 1. The fourth-order valence-corrected chi connectivity index (χ4v) is 8.94. The molecule has 0 saturated heterocycles. The molecule has 2 aliphatic rings. The van der Waals surface area contributed by atoms with Crippen molar-refractivity contribution in [1.29, 1.82) is 0 Å². The van der Waals surface area contributed by atoms with Crippen LogP contribution in [-0.4, -0.2) is 12.9 Å². The van der Waals surface area contributed by atoms with Gasteiger partial charge in [-0.3, -0.25) is 4.99 Å². The third-order valence-corrected chi connectivity index (χ3v) is 11.9. The minimum Gasteiger partial charge on any atom is -0.363 e. The third kappa shape index (κ3) is 6.73. The topological polar surface area (TPSA) is 24.4 Å². The van der Waals surface area contributed by atoms with Crippen molar-refractivity contribution in [2.45, 2.75) is 37.1 Å². The van der Waals surface area contributed by atoms with Gasteiger partial charge < -0.3 is 5.32 Å². The summed E-state index contributed by atoms with van der Waals surface area (Å²) in [6.07, 6.45) is 11.0. The molecule has 2 nitrogen and oxygen atoms in total. The van der Waals surface area contributed by atoms with Crippen molar-refractivity contribution in [3.05, 3.63) is 228 Å². The van der Waals surface area contributed by atoms with Crippen LogP contribution in [0.5, 0.6) is 0 Å². The number of fused-ring (bicyclic) bond motifs is 6. The van der Waals surface area contributed by atoms with Crippen LogP contribution in [0.3, 0.4) is 0 Å². The van der Waals surface area contributed by atoms with E-state index in [-0.39, 0.29) is 11.5 Å². The van der Waals surface area contributed by atoms with Gasteiger partial charge in [-0.15, -0.1) is 0 Å². The van der Waals surface area contributed by atoms with Crippen LogP contribution in [0.15, 0.2) is 205 Å². The van der Waals surface area contributed by atoms with Crippen LogP contribution in [0.2, 0.25) is 0 Å². The Morgan fingerprint density at radius 1 is 0.589 bits per heavy atom. The van der Waals surface area contributed by atoms with Crippen molar-refractivity contribution >= 4 is 5.84 Å². The second-order valence-electron chi connectivity index (χ2n) is 15.3. The molecule has 0 saturated carbocycles. The molecule has 7 aromatic carbocycles. The smallest absolute Gasteiger partial charge is 0.129 e. The summed E-state index contributed by atoms with van der Waals surface area (Å²) in [5, 5.41) is 3.92. The number of rotatable bonds is 9. The minimum absolute atomic E-state index is 0.0731. The van der Waals surface area contributed by atoms with E-state index in [1.54, 1.807) is 0 Å². The van der Waals surface area contributed by atoms with Crippen LogP contribution in [0.1, 0.15) is 53.1 Å². The van der Waals surface area contributed by atoms with Gasteiger partial charge in [0.2, 0.25) is 0 Å². The Hall–Kier alpha value is -6.51. The van der Waals surface area contributed by atoms with E-state index in [1.807, 2.05) is 7.05 Å². The van der Waals surface area contributed by atoms with Gasteiger partial charge in [0.15, 0.2) is 0 Å². The number of hydrogen-bond acceptors (Lipinski definition) is 1. The van der Waals surface area contributed by atoms with E-state index in [9.17, 15) is 0 Å². The molecular formula is C54H46N2. The maximum Gasteiger partial charge on any atom is 0.129 e. The van der Waals surface area contributed by atoms with E-state index in [1.165, 1.54) is 61.2 Å². The van der Waals surface area contributed by atoms with Gasteiger partial charge in [0.05, 0.1) is 6.04 Å². The Kier molecular flexibility index (Phi) is 9.63. The van der Waals surface area contributed by atoms with Crippen LogP contribution in [-0.2, 0) is 11.8 Å². The molecule has 7 aromatic rings. The highest BCUT2D eigenvalue weighted by Crippen LogP contribution is 2.53. The fraction of sp³-hybridized carbons (Fsp3) is 0.130. The molecular weight excluding hydrogens is 677 g/mol. The lowest BCUT2D eigenvalue weighted by molar-refractivity contribution is 0.519. The first-order valence-electron chi connectivity index (χ1n) is 19.8. The van der Waals surface area contributed by atoms with Gasteiger partial charge in [-0.1, -0.05) is 195 Å². The fourth-order valence-electron chi connectivity index (χ4n) is 8.94. The lowest BCUT2D eigenvalue weighted by Gasteiger charge is -2.42. The van der Waals surface area contributed by atoms with Crippen LogP contribution >= 0.6 is 0 Å². The lowest BCUT2D eigenvalue weighted by atomic mass is 9.60. The first-order valence-corrected chi connectivity index (χ1v) is 19.8. The number of hydrogen-bond donors (Lipinski definition) is 1. The number of allylic oxidation sites excluding steroid dienone is 4. The number of nitrogens with one attached hydrogen (secondary N) is 1. The zero-order valence-electron chi connectivity index (χ0n) is 32.1. The molecule has 2 heteroatoms. The van der Waals surface area contributed by atoms with Crippen LogP contribution in [0.25, 0.3) is 44.5 Å². The van der Waals surface area contributed by atoms with Gasteiger partial charge in [-0.05, 0) is 91.7 Å². The molecule has 0 aliphatic heterocycles. The average Bonchev–Trinajstić information content (AvgIpc) is 3.27. The number of aliphatic imine (C=N–C) groups is 1. The molecule has 2 aliphatic carbocycles. The molecule has 272 valence electrons. The molecule has 0 aromatic heterocycles. The Balaban J connectivity index is 1.02. The van der Waals surface area contributed by atoms with Crippen LogP contribution in [0.4, 0.5) is 0 Å². The summed E-state index contributed by atoms with van der Waals surface area (Å²) >= 11 is 0. The molecule has 3 atom stereocenters. The average molecular weight is 723 g/mol. The highest BCUT2D eigenvalue weighted by atomic mass is 15.0. The second kappa shape index (κ2) is 15.3. The van der Waals surface area contributed by atoms with E-state index in [2.05, 4.69) is 212 Å². The standard InChI is InChI=1S/C54H46N2/c1-54-34-14-13-29-50(54)47-27-11-10-26-46(47)49-37-43(31-32-51(49)54)42-23-16-24-44(36-42)45-25-9-12-28-48(45)53(55-2)56-52(40-20-7-4-8-21-40)33-30-38-17-15-22-41(35-38)39-18-5-3-6-19-39/h3-29,31-32,34-37,50,52H,30,33H2,1-2H3,(H,55,56). The van der Waals surface area contributed by atoms with Gasteiger partial charge in [0, 0.05) is 23.9 Å². The number of nitrogens with zero attached hydrogens (tertiary/aromatic N) is 1. The SMILES string of the molecule is CN=C(NC(CCc1cccc(-c2ccccc2)c1)c1ccccc1)c1ccccc1-c1cccc(-c2ccc3c(c2)-c2ccccc2C2C=CC=CC32C)c1. The predicted molar refractivity (Wildman–Crippen MR) is 236 cm³/mol. The highest BCUT2D eigenvalue weighted by Gasteiger charge is 2.41. The summed E-state index contributed by atoms with van der Waals surface area (Å²) < 4.78 is 0. The molecule has 0 bridgehead atoms. The molecule has 1 N–H and O–H groups in total. The zero-order chi connectivity index (χ0) is 37.9. The summed E-state index contributed by atoms with van der Waals surface area (Å²) in [6, 6.07) is 64.1. The highest BCUT2D eigenvalue weighted by molar-refractivity contribution is 6.05. The largest absolute Gasteiger partial charge is 0.363 e. The van der Waals surface area contributed by atoms with Gasteiger partial charge in [0.25, 0.3) is 0 Å². The number of aryl methyl sites for hydroxylation is 1. The van der Waals surface area contributed by atoms with Crippen molar-refractivity contribution in [3.63, 3.8) is 0 Å². The van der Waals surface area contributed by atoms with Crippen molar-refractivity contribution in [2.24, 2.45) is 4.99 Å². The molecule has 0 fully saturated rings. The molecule has 56 heavy (non-hydrogen) atoms. The lowest BCUT2D eigenvalue weighted by Crippen LogP contribution is -2.32. The quantitative estimate of drug-likeness (QED) is 0.116. The van der Waals surface area contributed by atoms with Gasteiger partial charge >= 0.3 is 0 Å². The molecule has 0 amide bonds. The summed E-state index contributed by atoms with van der Waals surface area (Å²) in [6.45, 7) is 2.39. The first kappa shape index (κ1) is 35.2. The minimum atomic E-state index is -0.0789. The second-order valence-corrected chi connectivity index (χ2v) is 15.3. The third-order valence-electron chi connectivity index (χ3n) is 11.9. The van der Waals surface area contributed by atoms with Gasteiger partial charge in [-0.25, -0.2) is 0 Å². The zero-order valence-corrected chi connectivity index (χ0v) is 32.1. The van der Waals surface area contributed by atoms with Gasteiger partial charge in [-0.2, -0.15) is 0 Å². The van der Waals surface area contributed by atoms with E-state index in [0.717, 1.165) is 29.8 Å². The summed E-state index contributed by atoms with van der Waals surface area (Å²) in [7, 11) is 1.90. The molecule has 0 spiro atoms. The summed E-state index contributed by atoms with van der Waals surface area (Å²) in [5.41, 5.74) is 16.3. The van der Waals surface area contributed by atoms with E-state index in [0.29, 0.717) is 5.92 Å². The van der Waals surface area contributed by atoms with E-state index < -0.39 is 0 Å². The van der Waals surface area contributed by atoms with Crippen LogP contribution < -0.4 is 5.32 Å². The monoisotopic (exact) mass is 722 g/mol. The molecule has 0 heterocycles. The van der Waals surface area contributed by atoms with E-state index >= 15 is 0 Å². The Morgan fingerprint density at radius 2 is 1.25 bits per heavy atom. The van der Waals surface area contributed by atoms with Gasteiger partial charge in [0.1, 0.15) is 5.84 Å². The van der Waals surface area contributed by atoms with Crippen molar-refractivity contribution in [3.8, 4) is 44.5 Å². The van der Waals surface area contributed by atoms with E-state index in [4.69, 9.17) is 4.99 Å². The van der Waals surface area contributed by atoms with Crippen molar-refractivity contribution in [1.82, 2.24) is 5.32 Å². The predicted octanol–water partition coefficient (Wildman–Crippen LogP) is 13.2. The summed E-state index contributed by atoms with van der Waals surface area (Å²) in [4.78, 5) is 4.90. The molecule has 3 unspecified atom stereocenters. The number of benzene rings is 7. The normalized spacial score (nSPS) is 17.4. The van der Waals surface area contributed by atoms with Crippen molar-refractivity contribution < 1.29 is 0 Å². The Morgan fingerprint density at radius 3 is 2.07 bits per heavy atom. The maximum atomic E-state index is 4.90. The summed E-state index contributed by atoms with van der Waals surface area (Å²) in [5.74, 6) is 1.22. The first-order chi connectivity index (χ1) is 27.6. The van der Waals surface area contributed by atoms with Crippen molar-refractivity contribution in [2.75, 3.05) is 7.05 Å². The van der Waals surface area contributed by atoms with Crippen LogP contribution in [0, 0.1) is 0 Å². The molecule has 0 radical (unpaired) electrons. The maximum absolute atomic E-state index is 4.90.